The molecule has 0 radical (unpaired) electrons. The first-order valence-corrected chi connectivity index (χ1v) is 6.78. The van der Waals surface area contributed by atoms with Gasteiger partial charge in [-0.05, 0) is 50.3 Å². The molecule has 1 N–H and O–H groups in total. The summed E-state index contributed by atoms with van der Waals surface area (Å²) in [7, 11) is 0. The van der Waals surface area contributed by atoms with E-state index in [-0.39, 0.29) is 0 Å². The number of hydrogen-bond acceptors (Lipinski definition) is 3. The number of hydrogen-bond donors (Lipinski definition) is 1. The van der Waals surface area contributed by atoms with E-state index >= 15 is 0 Å². The van der Waals surface area contributed by atoms with E-state index in [2.05, 4.69) is 0 Å². The van der Waals surface area contributed by atoms with Crippen LogP contribution in [0.5, 0.6) is 5.75 Å². The van der Waals surface area contributed by atoms with Crippen LogP contribution in [0.2, 0.25) is 0 Å². The van der Waals surface area contributed by atoms with Crippen LogP contribution in [0, 0.1) is 0 Å². The average molecular weight is 250 g/mol. The lowest BCUT2D eigenvalue weighted by Gasteiger charge is -2.11. The summed E-state index contributed by atoms with van der Waals surface area (Å²) in [4.78, 5) is 0. The molecule has 0 aliphatic carbocycles. The quantitative estimate of drug-likeness (QED) is 0.789. The number of aliphatic hydroxyl groups is 1. The fraction of sp³-hybridized carbons (Fsp3) is 0.600. The van der Waals surface area contributed by atoms with Gasteiger partial charge in [-0.3, -0.25) is 0 Å². The normalized spacial score (nSPS) is 20.9. The highest BCUT2D eigenvalue weighted by atomic mass is 16.5. The van der Waals surface area contributed by atoms with Crippen molar-refractivity contribution in [2.24, 2.45) is 0 Å². The van der Waals surface area contributed by atoms with Crippen molar-refractivity contribution < 1.29 is 14.6 Å². The third-order valence-electron chi connectivity index (χ3n) is 3.33. The molecule has 1 heterocycles. The predicted octanol–water partition coefficient (Wildman–Crippen LogP) is 3.08. The Morgan fingerprint density at radius 1 is 1.39 bits per heavy atom. The molecule has 2 atom stereocenters. The molecule has 100 valence electrons. The Labute approximate surface area is 109 Å². The lowest BCUT2D eigenvalue weighted by Crippen LogP contribution is -2.07. The first-order chi connectivity index (χ1) is 8.75. The molecular weight excluding hydrogens is 228 g/mol. The molecule has 1 aliphatic heterocycles. The molecular formula is C15H22O3. The zero-order chi connectivity index (χ0) is 12.8. The van der Waals surface area contributed by atoms with Crippen LogP contribution >= 0.6 is 0 Å². The largest absolute Gasteiger partial charge is 0.494 e. The van der Waals surface area contributed by atoms with Crippen LogP contribution in [-0.2, 0) is 4.74 Å². The molecule has 3 nitrogen and oxygen atoms in total. The van der Waals surface area contributed by atoms with Gasteiger partial charge < -0.3 is 14.6 Å². The molecule has 1 fully saturated rings. The summed E-state index contributed by atoms with van der Waals surface area (Å²) in [6, 6.07) is 7.63. The van der Waals surface area contributed by atoms with E-state index in [0.29, 0.717) is 6.10 Å². The molecule has 1 aromatic rings. The van der Waals surface area contributed by atoms with Gasteiger partial charge in [0.25, 0.3) is 0 Å². The van der Waals surface area contributed by atoms with Crippen molar-refractivity contribution in [2.45, 2.75) is 44.8 Å². The molecule has 0 saturated carbocycles. The van der Waals surface area contributed by atoms with Crippen molar-refractivity contribution in [1.82, 2.24) is 0 Å². The van der Waals surface area contributed by atoms with Gasteiger partial charge in [0.2, 0.25) is 0 Å². The molecule has 0 bridgehead atoms. The zero-order valence-corrected chi connectivity index (χ0v) is 11.0. The lowest BCUT2D eigenvalue weighted by atomic mass is 10.1. The van der Waals surface area contributed by atoms with Gasteiger partial charge in [0.15, 0.2) is 0 Å². The number of aliphatic hydroxyl groups excluding tert-OH is 1. The number of rotatable bonds is 6. The van der Waals surface area contributed by atoms with Crippen molar-refractivity contribution >= 4 is 0 Å². The Bertz CT molecular complexity index is 339. The van der Waals surface area contributed by atoms with Gasteiger partial charge in [-0.25, -0.2) is 0 Å². The van der Waals surface area contributed by atoms with Crippen LogP contribution in [0.4, 0.5) is 0 Å². The highest BCUT2D eigenvalue weighted by Gasteiger charge is 2.14. The van der Waals surface area contributed by atoms with Gasteiger partial charge in [0.1, 0.15) is 5.75 Å². The molecule has 2 unspecified atom stereocenters. The summed E-state index contributed by atoms with van der Waals surface area (Å²) < 4.78 is 11.2. The standard InChI is InChI=1S/C15H22O3/c1-12(16)13-6-8-15(9-7-13)18-11-3-5-14-4-2-10-17-14/h6-9,12,14,16H,2-5,10-11H2,1H3. The molecule has 2 rings (SSSR count). The predicted molar refractivity (Wildman–Crippen MR) is 70.8 cm³/mol. The van der Waals surface area contributed by atoms with Crippen molar-refractivity contribution in [1.29, 1.82) is 0 Å². The van der Waals surface area contributed by atoms with Gasteiger partial charge in [-0.1, -0.05) is 12.1 Å². The van der Waals surface area contributed by atoms with Crippen LogP contribution in [0.15, 0.2) is 24.3 Å². The second-order valence-corrected chi connectivity index (χ2v) is 4.87. The van der Waals surface area contributed by atoms with Crippen molar-refractivity contribution in [3.05, 3.63) is 29.8 Å². The van der Waals surface area contributed by atoms with Crippen LogP contribution in [0.25, 0.3) is 0 Å². The monoisotopic (exact) mass is 250 g/mol. The molecule has 3 heteroatoms. The molecule has 1 aromatic carbocycles. The fourth-order valence-electron chi connectivity index (χ4n) is 2.22. The van der Waals surface area contributed by atoms with E-state index in [1.54, 1.807) is 6.92 Å². The second-order valence-electron chi connectivity index (χ2n) is 4.87. The summed E-state index contributed by atoms with van der Waals surface area (Å²) in [6.07, 6.45) is 4.55. The topological polar surface area (TPSA) is 38.7 Å². The summed E-state index contributed by atoms with van der Waals surface area (Å²) in [6.45, 7) is 3.41. The number of ether oxygens (including phenoxy) is 2. The first kappa shape index (κ1) is 13.4. The van der Waals surface area contributed by atoms with E-state index in [0.717, 1.165) is 37.4 Å². The molecule has 0 aromatic heterocycles. The molecule has 18 heavy (non-hydrogen) atoms. The Morgan fingerprint density at radius 3 is 2.78 bits per heavy atom. The fourth-order valence-corrected chi connectivity index (χ4v) is 2.22. The van der Waals surface area contributed by atoms with Gasteiger partial charge in [-0.15, -0.1) is 0 Å². The number of benzene rings is 1. The molecule has 1 saturated heterocycles. The minimum atomic E-state index is -0.418. The van der Waals surface area contributed by atoms with Crippen LogP contribution in [0.1, 0.15) is 44.3 Å². The summed E-state index contributed by atoms with van der Waals surface area (Å²) in [5.74, 6) is 0.867. The maximum Gasteiger partial charge on any atom is 0.119 e. The van der Waals surface area contributed by atoms with Gasteiger partial charge in [-0.2, -0.15) is 0 Å². The summed E-state index contributed by atoms with van der Waals surface area (Å²) in [5, 5.41) is 9.40. The SMILES string of the molecule is CC(O)c1ccc(OCCCC2CCCO2)cc1. The Balaban J connectivity index is 1.66. The molecule has 0 spiro atoms. The Hall–Kier alpha value is -1.06. The van der Waals surface area contributed by atoms with E-state index in [1.165, 1.54) is 12.8 Å². The maximum atomic E-state index is 9.40. The van der Waals surface area contributed by atoms with Crippen molar-refractivity contribution in [2.75, 3.05) is 13.2 Å². The van der Waals surface area contributed by atoms with Gasteiger partial charge in [0, 0.05) is 6.61 Å². The van der Waals surface area contributed by atoms with Gasteiger partial charge in [0.05, 0.1) is 18.8 Å². The highest BCUT2D eigenvalue weighted by Crippen LogP contribution is 2.19. The first-order valence-electron chi connectivity index (χ1n) is 6.78. The Kier molecular flexibility index (Phi) is 5.02. The third kappa shape index (κ3) is 4.00. The van der Waals surface area contributed by atoms with E-state index in [4.69, 9.17) is 9.47 Å². The smallest absolute Gasteiger partial charge is 0.119 e. The van der Waals surface area contributed by atoms with Crippen LogP contribution in [-0.4, -0.2) is 24.4 Å². The molecule has 1 aliphatic rings. The van der Waals surface area contributed by atoms with E-state index in [9.17, 15) is 5.11 Å². The van der Waals surface area contributed by atoms with Crippen molar-refractivity contribution in [3.8, 4) is 5.75 Å². The Morgan fingerprint density at radius 2 is 2.17 bits per heavy atom. The minimum absolute atomic E-state index is 0.418. The van der Waals surface area contributed by atoms with Crippen LogP contribution in [0.3, 0.4) is 0 Å². The van der Waals surface area contributed by atoms with Gasteiger partial charge >= 0.3 is 0 Å². The average Bonchev–Trinajstić information content (AvgIpc) is 2.88. The summed E-state index contributed by atoms with van der Waals surface area (Å²) >= 11 is 0. The molecule has 0 amide bonds. The van der Waals surface area contributed by atoms with E-state index < -0.39 is 6.10 Å². The lowest BCUT2D eigenvalue weighted by molar-refractivity contribution is 0.0981. The maximum absolute atomic E-state index is 9.40. The third-order valence-corrected chi connectivity index (χ3v) is 3.33. The zero-order valence-electron chi connectivity index (χ0n) is 11.0. The van der Waals surface area contributed by atoms with E-state index in [1.807, 2.05) is 24.3 Å². The second kappa shape index (κ2) is 6.76. The van der Waals surface area contributed by atoms with Crippen LogP contribution < -0.4 is 4.74 Å². The van der Waals surface area contributed by atoms with Crippen molar-refractivity contribution in [3.63, 3.8) is 0 Å². The highest BCUT2D eigenvalue weighted by molar-refractivity contribution is 5.28. The minimum Gasteiger partial charge on any atom is -0.494 e. The summed E-state index contributed by atoms with van der Waals surface area (Å²) in [5.41, 5.74) is 0.918.